The molecule has 0 spiro atoms. The van der Waals surface area contributed by atoms with E-state index in [0.29, 0.717) is 18.5 Å². The van der Waals surface area contributed by atoms with E-state index in [1.54, 1.807) is 0 Å². The van der Waals surface area contributed by atoms with Crippen molar-refractivity contribution in [1.29, 1.82) is 0 Å². The van der Waals surface area contributed by atoms with Crippen LogP contribution in [0.15, 0.2) is 4.52 Å². The van der Waals surface area contributed by atoms with Gasteiger partial charge in [0.1, 0.15) is 0 Å². The first-order valence-corrected chi connectivity index (χ1v) is 7.99. The Balaban J connectivity index is 1.71. The number of nitrogens with zero attached hydrogens (tertiary/aromatic N) is 2. The fourth-order valence-corrected chi connectivity index (χ4v) is 3.24. The van der Waals surface area contributed by atoms with Crippen molar-refractivity contribution in [3.8, 4) is 0 Å². The summed E-state index contributed by atoms with van der Waals surface area (Å²) in [5, 5.41) is 8.20. The summed E-state index contributed by atoms with van der Waals surface area (Å²) >= 11 is 1.97. The number of aromatic nitrogens is 2. The van der Waals surface area contributed by atoms with Crippen molar-refractivity contribution < 1.29 is 4.52 Å². The Morgan fingerprint density at radius 2 is 2.22 bits per heavy atom. The van der Waals surface area contributed by atoms with E-state index in [-0.39, 0.29) is 0 Å². The van der Waals surface area contributed by atoms with Crippen molar-refractivity contribution in [2.75, 3.05) is 0 Å². The molecule has 1 aromatic heterocycles. The van der Waals surface area contributed by atoms with Crippen molar-refractivity contribution >= 4 is 11.8 Å². The predicted molar refractivity (Wildman–Crippen MR) is 74.4 cm³/mol. The third-order valence-corrected chi connectivity index (χ3v) is 4.84. The van der Waals surface area contributed by atoms with E-state index < -0.39 is 0 Å². The van der Waals surface area contributed by atoms with Crippen molar-refractivity contribution in [1.82, 2.24) is 15.5 Å². The van der Waals surface area contributed by atoms with E-state index in [2.05, 4.69) is 29.3 Å². The normalized spacial score (nSPS) is 18.3. The Labute approximate surface area is 113 Å². The van der Waals surface area contributed by atoms with Crippen LogP contribution >= 0.6 is 11.8 Å². The molecule has 0 aromatic carbocycles. The van der Waals surface area contributed by atoms with Gasteiger partial charge in [0.05, 0.1) is 12.3 Å². The van der Waals surface area contributed by atoms with Gasteiger partial charge >= 0.3 is 0 Å². The third kappa shape index (κ3) is 4.28. The fourth-order valence-electron chi connectivity index (χ4n) is 2.07. The first-order valence-electron chi connectivity index (χ1n) is 6.94. The Hall–Kier alpha value is -0.550. The molecular formula is C13H23N3OS. The fraction of sp³-hybridized carbons (Fsp3) is 0.846. The van der Waals surface area contributed by atoms with E-state index >= 15 is 0 Å². The van der Waals surface area contributed by atoms with Gasteiger partial charge in [-0.25, -0.2) is 0 Å². The lowest BCUT2D eigenvalue weighted by Crippen LogP contribution is -2.24. The van der Waals surface area contributed by atoms with E-state index in [0.717, 1.165) is 23.2 Å². The molecule has 0 radical (unpaired) electrons. The number of thioether (sulfide) groups is 1. The summed E-state index contributed by atoms with van der Waals surface area (Å²) < 4.78 is 5.24. The summed E-state index contributed by atoms with van der Waals surface area (Å²) in [6.45, 7) is 5.00. The average molecular weight is 269 g/mol. The third-order valence-electron chi connectivity index (χ3n) is 3.47. The summed E-state index contributed by atoms with van der Waals surface area (Å²) in [6, 6.07) is 0.494. The minimum Gasteiger partial charge on any atom is -0.338 e. The molecule has 1 aliphatic carbocycles. The van der Waals surface area contributed by atoms with Crippen LogP contribution in [-0.4, -0.2) is 21.4 Å². The zero-order valence-electron chi connectivity index (χ0n) is 11.3. The van der Waals surface area contributed by atoms with Gasteiger partial charge in [-0.05, 0) is 26.2 Å². The van der Waals surface area contributed by atoms with Crippen molar-refractivity contribution in [3.05, 3.63) is 11.7 Å². The van der Waals surface area contributed by atoms with E-state index in [1.165, 1.54) is 25.7 Å². The minimum absolute atomic E-state index is 0.494. The standard InChI is InChI=1S/C13H23N3OS/c1-3-10(2)14-8-13-15-12(16-17-13)9-18-11-6-4-5-7-11/h10-11,14H,3-9H2,1-2H3. The Kier molecular flexibility index (Phi) is 5.50. The van der Waals surface area contributed by atoms with Crippen molar-refractivity contribution in [2.45, 2.75) is 69.5 Å². The topological polar surface area (TPSA) is 51.0 Å². The molecule has 1 heterocycles. The molecule has 0 saturated heterocycles. The lowest BCUT2D eigenvalue weighted by molar-refractivity contribution is 0.355. The quantitative estimate of drug-likeness (QED) is 0.824. The van der Waals surface area contributed by atoms with E-state index in [1.807, 2.05) is 11.8 Å². The molecule has 4 nitrogen and oxygen atoms in total. The molecule has 1 saturated carbocycles. The van der Waals surface area contributed by atoms with Gasteiger partial charge in [-0.2, -0.15) is 16.7 Å². The lowest BCUT2D eigenvalue weighted by Gasteiger charge is -2.07. The highest BCUT2D eigenvalue weighted by Gasteiger charge is 2.16. The molecule has 0 aliphatic heterocycles. The van der Waals surface area contributed by atoms with Crippen LogP contribution in [-0.2, 0) is 12.3 Å². The zero-order valence-corrected chi connectivity index (χ0v) is 12.1. The maximum absolute atomic E-state index is 5.24. The van der Waals surface area contributed by atoms with Crippen LogP contribution in [0.5, 0.6) is 0 Å². The van der Waals surface area contributed by atoms with Crippen LogP contribution in [0.3, 0.4) is 0 Å². The molecule has 1 aliphatic rings. The molecule has 5 heteroatoms. The maximum atomic E-state index is 5.24. The second-order valence-electron chi connectivity index (χ2n) is 5.01. The van der Waals surface area contributed by atoms with Gasteiger partial charge in [-0.3, -0.25) is 0 Å². The number of hydrogen-bond acceptors (Lipinski definition) is 5. The minimum atomic E-state index is 0.494. The maximum Gasteiger partial charge on any atom is 0.240 e. The van der Waals surface area contributed by atoms with Crippen LogP contribution in [0.4, 0.5) is 0 Å². The Bertz CT molecular complexity index is 350. The highest BCUT2D eigenvalue weighted by Crippen LogP contribution is 2.30. The summed E-state index contributed by atoms with van der Waals surface area (Å²) in [5.41, 5.74) is 0. The van der Waals surface area contributed by atoms with Crippen LogP contribution in [0.25, 0.3) is 0 Å². The summed E-state index contributed by atoms with van der Waals surface area (Å²) in [4.78, 5) is 4.42. The molecule has 1 unspecified atom stereocenters. The van der Waals surface area contributed by atoms with Crippen LogP contribution in [0, 0.1) is 0 Å². The van der Waals surface area contributed by atoms with Crippen molar-refractivity contribution in [2.24, 2.45) is 0 Å². The largest absolute Gasteiger partial charge is 0.338 e. The summed E-state index contributed by atoms with van der Waals surface area (Å²) in [5.74, 6) is 2.43. The number of rotatable bonds is 7. The van der Waals surface area contributed by atoms with E-state index in [4.69, 9.17) is 4.52 Å². The molecule has 1 aromatic rings. The van der Waals surface area contributed by atoms with Gasteiger partial charge in [-0.1, -0.05) is 24.9 Å². The van der Waals surface area contributed by atoms with Gasteiger partial charge in [0.25, 0.3) is 0 Å². The highest BCUT2D eigenvalue weighted by atomic mass is 32.2. The summed E-state index contributed by atoms with van der Waals surface area (Å²) in [7, 11) is 0. The molecule has 1 atom stereocenters. The van der Waals surface area contributed by atoms with Gasteiger partial charge < -0.3 is 9.84 Å². The second kappa shape index (κ2) is 7.14. The average Bonchev–Trinajstić information content (AvgIpc) is 3.04. The monoisotopic (exact) mass is 269 g/mol. The van der Waals surface area contributed by atoms with Crippen LogP contribution < -0.4 is 5.32 Å². The highest BCUT2D eigenvalue weighted by molar-refractivity contribution is 7.99. The van der Waals surface area contributed by atoms with Crippen LogP contribution in [0.1, 0.15) is 57.7 Å². The molecule has 18 heavy (non-hydrogen) atoms. The number of hydrogen-bond donors (Lipinski definition) is 1. The molecule has 1 N–H and O–H groups in total. The first-order chi connectivity index (χ1) is 8.78. The molecule has 102 valence electrons. The first kappa shape index (κ1) is 13.9. The summed E-state index contributed by atoms with van der Waals surface area (Å²) in [6.07, 6.45) is 6.58. The zero-order chi connectivity index (χ0) is 12.8. The molecular weight excluding hydrogens is 246 g/mol. The second-order valence-corrected chi connectivity index (χ2v) is 6.30. The molecule has 1 fully saturated rings. The smallest absolute Gasteiger partial charge is 0.240 e. The molecule has 0 bridgehead atoms. The Morgan fingerprint density at radius 1 is 1.44 bits per heavy atom. The van der Waals surface area contributed by atoms with Crippen molar-refractivity contribution in [3.63, 3.8) is 0 Å². The predicted octanol–water partition coefficient (Wildman–Crippen LogP) is 3.13. The van der Waals surface area contributed by atoms with Gasteiger partial charge in [-0.15, -0.1) is 0 Å². The van der Waals surface area contributed by atoms with Gasteiger partial charge in [0.15, 0.2) is 5.82 Å². The lowest BCUT2D eigenvalue weighted by atomic mass is 10.3. The Morgan fingerprint density at radius 3 is 2.94 bits per heavy atom. The molecule has 0 amide bonds. The van der Waals surface area contributed by atoms with Crippen LogP contribution in [0.2, 0.25) is 0 Å². The number of nitrogens with one attached hydrogen (secondary N) is 1. The SMILES string of the molecule is CCC(C)NCc1nc(CSC2CCCC2)no1. The van der Waals surface area contributed by atoms with Gasteiger partial charge in [0.2, 0.25) is 5.89 Å². The molecule has 2 rings (SSSR count). The van der Waals surface area contributed by atoms with Gasteiger partial charge in [0, 0.05) is 11.3 Å². The van der Waals surface area contributed by atoms with E-state index in [9.17, 15) is 0 Å².